The molecule has 3 N–H and O–H groups in total. The predicted octanol–water partition coefficient (Wildman–Crippen LogP) is 1.94. The first-order valence-corrected chi connectivity index (χ1v) is 3.65. The van der Waals surface area contributed by atoms with Gasteiger partial charge in [0, 0.05) is 12.1 Å². The van der Waals surface area contributed by atoms with Crippen molar-refractivity contribution >= 4 is 0 Å². The van der Waals surface area contributed by atoms with Crippen LogP contribution in [0.3, 0.4) is 0 Å². The van der Waals surface area contributed by atoms with Crippen LogP contribution in [0.15, 0.2) is 12.1 Å². The number of hydrogen-bond acceptors (Lipinski definition) is 2. The average molecular weight is 209 g/mol. The first-order chi connectivity index (χ1) is 6.43. The molecule has 0 saturated carbocycles. The summed E-state index contributed by atoms with van der Waals surface area (Å²) in [4.78, 5) is 0. The fourth-order valence-electron chi connectivity index (χ4n) is 1.03. The lowest BCUT2D eigenvalue weighted by Crippen LogP contribution is -2.20. The molecule has 0 bridgehead atoms. The number of rotatable bonds is 2. The van der Waals surface area contributed by atoms with Gasteiger partial charge < -0.3 is 10.8 Å². The second-order valence-corrected chi connectivity index (χ2v) is 2.68. The number of phenolic OH excluding ortho intramolecular Hbond substituents is 1. The molecule has 0 aliphatic rings. The smallest absolute Gasteiger partial charge is 0.257 e. The summed E-state index contributed by atoms with van der Waals surface area (Å²) in [6, 6.07) is -1.05. The molecule has 0 aliphatic carbocycles. The Morgan fingerprint density at radius 3 is 2.21 bits per heavy atom. The third kappa shape index (κ3) is 1.95. The minimum Gasteiger partial charge on any atom is -0.507 e. The summed E-state index contributed by atoms with van der Waals surface area (Å²) < 4.78 is 49.5. The standard InChI is InChI=1S/C8H7F4NO/c9-3-1-4(10)6(5(14)2-3)7(13)8(11)12/h1-2,7-8,14H,13H2/t7-/m0/s1. The van der Waals surface area contributed by atoms with E-state index in [1.807, 2.05) is 0 Å². The normalized spacial score (nSPS) is 13.3. The molecule has 2 nitrogen and oxygen atoms in total. The molecule has 0 aliphatic heterocycles. The SMILES string of the molecule is N[C@@H](c1c(O)cc(F)cc1F)C(F)F. The molecule has 0 fully saturated rings. The third-order valence-corrected chi connectivity index (χ3v) is 1.68. The maximum Gasteiger partial charge on any atom is 0.257 e. The number of halogens is 4. The van der Waals surface area contributed by atoms with Gasteiger partial charge >= 0.3 is 0 Å². The van der Waals surface area contributed by atoms with E-state index in [1.165, 1.54) is 0 Å². The minimum absolute atomic E-state index is 0.386. The molecule has 0 amide bonds. The topological polar surface area (TPSA) is 46.2 Å². The Hall–Kier alpha value is -1.30. The summed E-state index contributed by atoms with van der Waals surface area (Å²) in [5.74, 6) is -3.24. The van der Waals surface area contributed by atoms with Crippen LogP contribution in [-0.2, 0) is 0 Å². The first-order valence-electron chi connectivity index (χ1n) is 3.65. The molecule has 0 radical (unpaired) electrons. The van der Waals surface area contributed by atoms with Crippen LogP contribution < -0.4 is 5.73 Å². The number of nitrogens with two attached hydrogens (primary N) is 1. The van der Waals surface area contributed by atoms with Crippen LogP contribution in [-0.4, -0.2) is 11.5 Å². The molecule has 0 spiro atoms. The zero-order chi connectivity index (χ0) is 10.9. The van der Waals surface area contributed by atoms with Crippen molar-refractivity contribution in [1.29, 1.82) is 0 Å². The van der Waals surface area contributed by atoms with Crippen molar-refractivity contribution in [3.63, 3.8) is 0 Å². The van der Waals surface area contributed by atoms with Crippen LogP contribution >= 0.6 is 0 Å². The number of phenols is 1. The molecular weight excluding hydrogens is 202 g/mol. The lowest BCUT2D eigenvalue weighted by atomic mass is 10.1. The summed E-state index contributed by atoms with van der Waals surface area (Å²) in [6.45, 7) is 0. The van der Waals surface area contributed by atoms with Gasteiger partial charge in [0.05, 0.1) is 11.6 Å². The molecule has 14 heavy (non-hydrogen) atoms. The van der Waals surface area contributed by atoms with Crippen molar-refractivity contribution < 1.29 is 22.7 Å². The van der Waals surface area contributed by atoms with Gasteiger partial charge in [0.15, 0.2) is 0 Å². The summed E-state index contributed by atoms with van der Waals surface area (Å²) in [5, 5.41) is 9.00. The highest BCUT2D eigenvalue weighted by Gasteiger charge is 2.25. The molecular formula is C8H7F4NO. The first kappa shape index (κ1) is 10.8. The van der Waals surface area contributed by atoms with Crippen molar-refractivity contribution in [3.05, 3.63) is 29.3 Å². The Kier molecular flexibility index (Phi) is 2.95. The molecule has 1 aromatic rings. The Morgan fingerprint density at radius 2 is 1.79 bits per heavy atom. The van der Waals surface area contributed by atoms with Gasteiger partial charge in [-0.05, 0) is 0 Å². The maximum absolute atomic E-state index is 12.9. The number of aromatic hydroxyl groups is 1. The molecule has 6 heteroatoms. The van der Waals surface area contributed by atoms with E-state index in [-0.39, 0.29) is 0 Å². The molecule has 0 aromatic heterocycles. The largest absolute Gasteiger partial charge is 0.507 e. The van der Waals surface area contributed by atoms with Gasteiger partial charge in [-0.15, -0.1) is 0 Å². The second-order valence-electron chi connectivity index (χ2n) is 2.68. The highest BCUT2D eigenvalue weighted by Crippen LogP contribution is 2.30. The van der Waals surface area contributed by atoms with Crippen molar-refractivity contribution in [1.82, 2.24) is 0 Å². The van der Waals surface area contributed by atoms with E-state index in [1.54, 1.807) is 0 Å². The van der Waals surface area contributed by atoms with Gasteiger partial charge in [-0.3, -0.25) is 0 Å². The molecule has 0 unspecified atom stereocenters. The van der Waals surface area contributed by atoms with E-state index in [2.05, 4.69) is 0 Å². The quantitative estimate of drug-likeness (QED) is 0.731. The van der Waals surface area contributed by atoms with Crippen LogP contribution in [0.5, 0.6) is 5.75 Å². The van der Waals surface area contributed by atoms with E-state index in [0.717, 1.165) is 0 Å². The Morgan fingerprint density at radius 1 is 1.21 bits per heavy atom. The van der Waals surface area contributed by atoms with E-state index in [9.17, 15) is 17.6 Å². The predicted molar refractivity (Wildman–Crippen MR) is 41.0 cm³/mol. The summed E-state index contributed by atoms with van der Waals surface area (Å²) >= 11 is 0. The van der Waals surface area contributed by atoms with E-state index in [4.69, 9.17) is 10.8 Å². The zero-order valence-electron chi connectivity index (χ0n) is 6.85. The van der Waals surface area contributed by atoms with Crippen molar-refractivity contribution in [3.8, 4) is 5.75 Å². The fourth-order valence-corrected chi connectivity index (χ4v) is 1.03. The molecule has 1 atom stereocenters. The van der Waals surface area contributed by atoms with Crippen LogP contribution in [0.1, 0.15) is 11.6 Å². The zero-order valence-corrected chi connectivity index (χ0v) is 6.85. The van der Waals surface area contributed by atoms with Crippen LogP contribution in [0.4, 0.5) is 17.6 Å². The Labute approximate surface area is 77.0 Å². The monoisotopic (exact) mass is 209 g/mol. The number of hydrogen-bond donors (Lipinski definition) is 2. The summed E-state index contributed by atoms with van der Waals surface area (Å²) in [7, 11) is 0. The van der Waals surface area contributed by atoms with Crippen LogP contribution in [0.2, 0.25) is 0 Å². The molecule has 1 aromatic carbocycles. The molecule has 78 valence electrons. The lowest BCUT2D eigenvalue weighted by Gasteiger charge is -2.13. The van der Waals surface area contributed by atoms with Crippen LogP contribution in [0, 0.1) is 11.6 Å². The van der Waals surface area contributed by atoms with Gasteiger partial charge in [-0.25, -0.2) is 17.6 Å². The van der Waals surface area contributed by atoms with Gasteiger partial charge in [0.2, 0.25) is 0 Å². The highest BCUT2D eigenvalue weighted by atomic mass is 19.3. The molecule has 1 rings (SSSR count). The van der Waals surface area contributed by atoms with E-state index in [0.29, 0.717) is 12.1 Å². The Bertz CT molecular complexity index is 319. The average Bonchev–Trinajstić information content (AvgIpc) is 2.01. The van der Waals surface area contributed by atoms with Crippen molar-refractivity contribution in [2.45, 2.75) is 12.5 Å². The summed E-state index contributed by atoms with van der Waals surface area (Å²) in [6.07, 6.45) is -3.03. The third-order valence-electron chi connectivity index (χ3n) is 1.68. The molecule has 0 heterocycles. The van der Waals surface area contributed by atoms with Crippen LogP contribution in [0.25, 0.3) is 0 Å². The number of benzene rings is 1. The van der Waals surface area contributed by atoms with Gasteiger partial charge in [-0.1, -0.05) is 0 Å². The second kappa shape index (κ2) is 3.83. The van der Waals surface area contributed by atoms with Gasteiger partial charge in [-0.2, -0.15) is 0 Å². The van der Waals surface area contributed by atoms with E-state index >= 15 is 0 Å². The van der Waals surface area contributed by atoms with E-state index < -0.39 is 35.4 Å². The number of alkyl halides is 2. The van der Waals surface area contributed by atoms with Gasteiger partial charge in [0.25, 0.3) is 6.43 Å². The minimum atomic E-state index is -3.03. The fraction of sp³-hybridized carbons (Fsp3) is 0.250. The highest BCUT2D eigenvalue weighted by molar-refractivity contribution is 5.36. The summed E-state index contributed by atoms with van der Waals surface area (Å²) in [5.41, 5.74) is 4.14. The van der Waals surface area contributed by atoms with Crippen molar-refractivity contribution in [2.75, 3.05) is 0 Å². The maximum atomic E-state index is 12.9. The molecule has 0 saturated heterocycles. The lowest BCUT2D eigenvalue weighted by molar-refractivity contribution is 0.113. The Balaban J connectivity index is 3.20. The van der Waals surface area contributed by atoms with Crippen molar-refractivity contribution in [2.24, 2.45) is 5.73 Å². The van der Waals surface area contributed by atoms with Gasteiger partial charge in [0.1, 0.15) is 17.4 Å².